The SMILES string of the molecule is CN=C(NCC1(c2ccccc2)CC1)NC1CCN(C2CCCC2)C1.I. The van der Waals surface area contributed by atoms with Crippen molar-refractivity contribution in [3.63, 3.8) is 0 Å². The van der Waals surface area contributed by atoms with Crippen molar-refractivity contribution in [2.45, 2.75) is 62.4 Å². The number of aliphatic imine (C=N–C) groups is 1. The van der Waals surface area contributed by atoms with Crippen LogP contribution in [0, 0.1) is 0 Å². The van der Waals surface area contributed by atoms with Gasteiger partial charge in [0.25, 0.3) is 0 Å². The molecule has 1 heterocycles. The summed E-state index contributed by atoms with van der Waals surface area (Å²) in [4.78, 5) is 7.17. The molecule has 0 spiro atoms. The van der Waals surface area contributed by atoms with Gasteiger partial charge in [-0.3, -0.25) is 9.89 Å². The number of nitrogens with zero attached hydrogens (tertiary/aromatic N) is 2. The number of benzene rings is 1. The summed E-state index contributed by atoms with van der Waals surface area (Å²) in [5.41, 5.74) is 1.79. The fourth-order valence-electron chi connectivity index (χ4n) is 4.66. The molecule has 2 aliphatic carbocycles. The van der Waals surface area contributed by atoms with E-state index in [0.717, 1.165) is 18.5 Å². The fourth-order valence-corrected chi connectivity index (χ4v) is 4.66. The minimum atomic E-state index is 0. The van der Waals surface area contributed by atoms with Gasteiger partial charge in [0.05, 0.1) is 0 Å². The third-order valence-electron chi connectivity index (χ3n) is 6.46. The van der Waals surface area contributed by atoms with Crippen LogP contribution < -0.4 is 10.6 Å². The first-order chi connectivity index (χ1) is 12.3. The van der Waals surface area contributed by atoms with E-state index in [0.29, 0.717) is 11.5 Å². The van der Waals surface area contributed by atoms with Crippen LogP contribution in [0.15, 0.2) is 35.3 Å². The first-order valence-electron chi connectivity index (χ1n) is 10.1. The molecule has 1 unspecified atom stereocenters. The number of guanidine groups is 1. The topological polar surface area (TPSA) is 39.7 Å². The Hall–Kier alpha value is -0.820. The lowest BCUT2D eigenvalue weighted by molar-refractivity contribution is 0.242. The number of likely N-dealkylation sites (tertiary alicyclic amines) is 1. The summed E-state index contributed by atoms with van der Waals surface area (Å²) in [5, 5.41) is 7.27. The highest BCUT2D eigenvalue weighted by Gasteiger charge is 2.44. The van der Waals surface area contributed by atoms with Crippen molar-refractivity contribution in [1.82, 2.24) is 15.5 Å². The molecular weight excluding hydrogens is 435 g/mol. The zero-order valence-corrected chi connectivity index (χ0v) is 18.2. The van der Waals surface area contributed by atoms with Crippen molar-refractivity contribution in [2.75, 3.05) is 26.7 Å². The van der Waals surface area contributed by atoms with Gasteiger partial charge in [-0.05, 0) is 37.7 Å². The van der Waals surface area contributed by atoms with Crippen molar-refractivity contribution in [1.29, 1.82) is 0 Å². The first-order valence-corrected chi connectivity index (χ1v) is 10.1. The number of hydrogen-bond acceptors (Lipinski definition) is 2. The van der Waals surface area contributed by atoms with Crippen LogP contribution in [-0.2, 0) is 5.41 Å². The Bertz CT molecular complexity index is 593. The van der Waals surface area contributed by atoms with Crippen LogP contribution in [0.5, 0.6) is 0 Å². The summed E-state index contributed by atoms with van der Waals surface area (Å²) in [6, 6.07) is 12.3. The third-order valence-corrected chi connectivity index (χ3v) is 6.46. The molecule has 2 N–H and O–H groups in total. The van der Waals surface area contributed by atoms with E-state index < -0.39 is 0 Å². The van der Waals surface area contributed by atoms with Gasteiger partial charge >= 0.3 is 0 Å². The summed E-state index contributed by atoms with van der Waals surface area (Å²) in [7, 11) is 1.89. The van der Waals surface area contributed by atoms with Gasteiger partial charge in [0.2, 0.25) is 0 Å². The fraction of sp³-hybridized carbons (Fsp3) is 0.667. The minimum Gasteiger partial charge on any atom is -0.356 e. The van der Waals surface area contributed by atoms with Crippen molar-refractivity contribution < 1.29 is 0 Å². The van der Waals surface area contributed by atoms with E-state index in [4.69, 9.17) is 0 Å². The molecule has 2 saturated carbocycles. The van der Waals surface area contributed by atoms with Crippen LogP contribution in [0.1, 0.15) is 50.5 Å². The van der Waals surface area contributed by atoms with Gasteiger partial charge in [-0.15, -0.1) is 24.0 Å². The van der Waals surface area contributed by atoms with Crippen molar-refractivity contribution in [2.24, 2.45) is 4.99 Å². The number of rotatable bonds is 5. The van der Waals surface area contributed by atoms with E-state index in [1.807, 2.05) is 7.05 Å². The molecule has 26 heavy (non-hydrogen) atoms. The van der Waals surface area contributed by atoms with Gasteiger partial charge in [0.1, 0.15) is 0 Å². The zero-order valence-electron chi connectivity index (χ0n) is 15.9. The van der Waals surface area contributed by atoms with Gasteiger partial charge in [-0.2, -0.15) is 0 Å². The summed E-state index contributed by atoms with van der Waals surface area (Å²) >= 11 is 0. The molecule has 3 fully saturated rings. The standard InChI is InChI=1S/C21H32N4.HI/c1-22-20(23-16-21(12-13-21)17-7-3-2-4-8-17)24-18-11-14-25(15-18)19-9-5-6-10-19;/h2-4,7-8,18-19H,5-6,9-16H2,1H3,(H2,22,23,24);1H. The average Bonchev–Trinajstić information content (AvgIpc) is 3.05. The van der Waals surface area contributed by atoms with Crippen LogP contribution in [-0.4, -0.2) is 49.6 Å². The molecule has 1 atom stereocenters. The van der Waals surface area contributed by atoms with Crippen LogP contribution in [0.25, 0.3) is 0 Å². The Kier molecular flexibility index (Phi) is 6.83. The van der Waals surface area contributed by atoms with Crippen molar-refractivity contribution in [3.8, 4) is 0 Å². The maximum Gasteiger partial charge on any atom is 0.191 e. The van der Waals surface area contributed by atoms with E-state index in [2.05, 4.69) is 50.9 Å². The van der Waals surface area contributed by atoms with Crippen molar-refractivity contribution in [3.05, 3.63) is 35.9 Å². The molecule has 1 aliphatic heterocycles. The molecule has 4 nitrogen and oxygen atoms in total. The molecule has 0 bridgehead atoms. The lowest BCUT2D eigenvalue weighted by Gasteiger charge is -2.24. The monoisotopic (exact) mass is 468 g/mol. The number of halogens is 1. The quantitative estimate of drug-likeness (QED) is 0.395. The minimum absolute atomic E-state index is 0. The van der Waals surface area contributed by atoms with Crippen LogP contribution in [0.4, 0.5) is 0 Å². The maximum absolute atomic E-state index is 4.47. The zero-order chi connectivity index (χ0) is 17.1. The molecular formula is C21H33IN4. The summed E-state index contributed by atoms with van der Waals surface area (Å²) in [5.74, 6) is 0.973. The number of nitrogens with one attached hydrogen (secondary N) is 2. The smallest absolute Gasteiger partial charge is 0.191 e. The normalized spacial score (nSPS) is 25.7. The molecule has 5 heteroatoms. The summed E-state index contributed by atoms with van der Waals surface area (Å²) < 4.78 is 0. The molecule has 144 valence electrons. The Labute approximate surface area is 175 Å². The first kappa shape index (κ1) is 19.9. The van der Waals surface area contributed by atoms with Crippen LogP contribution >= 0.6 is 24.0 Å². The molecule has 1 saturated heterocycles. The lowest BCUT2D eigenvalue weighted by Crippen LogP contribution is -2.47. The number of hydrogen-bond donors (Lipinski definition) is 2. The largest absolute Gasteiger partial charge is 0.356 e. The molecule has 0 amide bonds. The highest BCUT2D eigenvalue weighted by molar-refractivity contribution is 14.0. The summed E-state index contributed by atoms with van der Waals surface area (Å²) in [6.45, 7) is 3.40. The maximum atomic E-state index is 4.47. The Morgan fingerprint density at radius 2 is 1.88 bits per heavy atom. The van der Waals surface area contributed by atoms with Gasteiger partial charge in [0, 0.05) is 44.2 Å². The predicted molar refractivity (Wildman–Crippen MR) is 120 cm³/mol. The van der Waals surface area contributed by atoms with Gasteiger partial charge in [-0.1, -0.05) is 43.2 Å². The van der Waals surface area contributed by atoms with E-state index in [-0.39, 0.29) is 24.0 Å². The Morgan fingerprint density at radius 1 is 1.15 bits per heavy atom. The Morgan fingerprint density at radius 3 is 2.54 bits per heavy atom. The molecule has 0 aromatic heterocycles. The van der Waals surface area contributed by atoms with E-state index in [9.17, 15) is 0 Å². The molecule has 0 radical (unpaired) electrons. The Balaban J connectivity index is 0.00000196. The van der Waals surface area contributed by atoms with Crippen LogP contribution in [0.2, 0.25) is 0 Å². The lowest BCUT2D eigenvalue weighted by atomic mass is 9.96. The van der Waals surface area contributed by atoms with E-state index >= 15 is 0 Å². The van der Waals surface area contributed by atoms with E-state index in [1.165, 1.54) is 63.6 Å². The summed E-state index contributed by atoms with van der Waals surface area (Å²) in [6.07, 6.45) is 9.44. The molecule has 4 rings (SSSR count). The van der Waals surface area contributed by atoms with Crippen LogP contribution in [0.3, 0.4) is 0 Å². The second kappa shape index (κ2) is 8.91. The van der Waals surface area contributed by atoms with Gasteiger partial charge in [-0.25, -0.2) is 0 Å². The second-order valence-corrected chi connectivity index (χ2v) is 8.14. The van der Waals surface area contributed by atoms with Crippen molar-refractivity contribution >= 4 is 29.9 Å². The molecule has 1 aromatic rings. The highest BCUT2D eigenvalue weighted by Crippen LogP contribution is 2.47. The third kappa shape index (κ3) is 4.53. The molecule has 1 aromatic carbocycles. The highest BCUT2D eigenvalue weighted by atomic mass is 127. The molecule has 3 aliphatic rings. The van der Waals surface area contributed by atoms with Gasteiger partial charge in [0.15, 0.2) is 5.96 Å². The van der Waals surface area contributed by atoms with Gasteiger partial charge < -0.3 is 10.6 Å². The average molecular weight is 468 g/mol. The second-order valence-electron chi connectivity index (χ2n) is 8.14. The predicted octanol–water partition coefficient (Wildman–Crippen LogP) is 3.52. The van der Waals surface area contributed by atoms with E-state index in [1.54, 1.807) is 0 Å².